The van der Waals surface area contributed by atoms with Gasteiger partial charge in [-0.05, 0) is 42.9 Å². The van der Waals surface area contributed by atoms with E-state index in [9.17, 15) is 24.0 Å². The van der Waals surface area contributed by atoms with Crippen molar-refractivity contribution in [1.82, 2.24) is 15.1 Å². The molecule has 0 radical (unpaired) electrons. The molecule has 2 rings (SSSR count). The number of thiol groups is 1. The maximum absolute atomic E-state index is 12.2. The van der Waals surface area contributed by atoms with Crippen molar-refractivity contribution >= 4 is 61.4 Å². The molecule has 1 fully saturated rings. The first-order valence-electron chi connectivity index (χ1n) is 20.8. The molecular formula is C43H82N6O8S. The number of ether oxygens (including phenoxy) is 1. The Morgan fingerprint density at radius 3 is 1.69 bits per heavy atom. The van der Waals surface area contributed by atoms with Gasteiger partial charge in [-0.2, -0.15) is 12.6 Å². The summed E-state index contributed by atoms with van der Waals surface area (Å²) < 4.78 is 5.35. The van der Waals surface area contributed by atoms with E-state index in [2.05, 4.69) is 83.2 Å². The largest absolute Gasteiger partial charge is 0.445 e. The number of carbonyl (C=O) groups excluding carboxylic acids is 7. The van der Waals surface area contributed by atoms with Gasteiger partial charge in [0.1, 0.15) is 6.61 Å². The third-order valence-corrected chi connectivity index (χ3v) is 8.81. The van der Waals surface area contributed by atoms with Crippen LogP contribution in [0.4, 0.5) is 10.5 Å². The lowest BCUT2D eigenvalue weighted by Gasteiger charge is -2.27. The van der Waals surface area contributed by atoms with Crippen molar-refractivity contribution in [2.24, 2.45) is 23.3 Å². The van der Waals surface area contributed by atoms with Crippen LogP contribution >= 0.6 is 12.6 Å². The van der Waals surface area contributed by atoms with Gasteiger partial charge >= 0.3 is 6.09 Å². The first-order valence-corrected chi connectivity index (χ1v) is 21.3. The minimum Gasteiger partial charge on any atom is -0.445 e. The fourth-order valence-electron chi connectivity index (χ4n) is 4.13. The molecule has 14 nitrogen and oxygen atoms in total. The number of unbranched alkanes of at least 4 members (excludes halogenated alkanes) is 5. The standard InChI is InChI=1S/C21H33N3O4.C10H17NO2S.2C4H10.C2H6.2CH3NO/c1-14(2)16(5)24(6)21(27)28-12-17-7-9-18(10-8-17)23-20(26)11-19(15(3)4)22-13-25;1-2-3-4-5-6-11-9(12)7-8(14)10(11)13;2*1-3-4-2;1-2;2*2-1-3/h7-10,13-16,19H,11-12H2,1-6H3,(H,22,25)(H,23,26);8,14H,2-7H2,1H3;2*3-4H2,1-2H3;1-2H3;2*1H,(H2,2,3). The first kappa shape index (κ1) is 63.0. The molecule has 1 aromatic carbocycles. The van der Waals surface area contributed by atoms with Crippen LogP contribution in [0.15, 0.2) is 24.3 Å². The number of imide groups is 1. The Hall–Kier alpha value is -4.14. The number of amides is 7. The van der Waals surface area contributed by atoms with Crippen LogP contribution in [0.25, 0.3) is 0 Å². The van der Waals surface area contributed by atoms with Crippen molar-refractivity contribution in [1.29, 1.82) is 0 Å². The molecule has 0 spiro atoms. The van der Waals surface area contributed by atoms with Crippen molar-refractivity contribution in [3.8, 4) is 0 Å². The fraction of sp³-hybridized carbons (Fsp3) is 0.698. The lowest BCUT2D eigenvalue weighted by Crippen LogP contribution is -2.38. The van der Waals surface area contributed by atoms with Gasteiger partial charge in [0, 0.05) is 44.2 Å². The monoisotopic (exact) mass is 843 g/mol. The molecule has 1 aromatic rings. The van der Waals surface area contributed by atoms with Crippen molar-refractivity contribution in [3.05, 3.63) is 29.8 Å². The molecule has 0 aliphatic carbocycles. The molecule has 1 aliphatic rings. The second-order valence-corrected chi connectivity index (χ2v) is 14.3. The molecule has 1 saturated heterocycles. The van der Waals surface area contributed by atoms with E-state index in [1.54, 1.807) is 36.2 Å². The molecule has 0 bridgehead atoms. The van der Waals surface area contributed by atoms with Crippen molar-refractivity contribution in [2.75, 3.05) is 18.9 Å². The van der Waals surface area contributed by atoms with Gasteiger partial charge in [-0.1, -0.05) is 133 Å². The van der Waals surface area contributed by atoms with Gasteiger partial charge in [0.05, 0.1) is 5.25 Å². The zero-order valence-corrected chi connectivity index (χ0v) is 39.1. The Labute approximate surface area is 357 Å². The first-order chi connectivity index (χ1) is 27.5. The molecule has 1 heterocycles. The van der Waals surface area contributed by atoms with Crippen LogP contribution < -0.4 is 22.1 Å². The summed E-state index contributed by atoms with van der Waals surface area (Å²) in [6, 6.07) is 7.02. The second-order valence-electron chi connectivity index (χ2n) is 13.7. The van der Waals surface area contributed by atoms with Gasteiger partial charge in [-0.25, -0.2) is 4.79 Å². The maximum atomic E-state index is 12.2. The Bertz CT molecular complexity index is 1170. The zero-order chi connectivity index (χ0) is 46.1. The van der Waals surface area contributed by atoms with Crippen molar-refractivity contribution in [2.45, 2.75) is 171 Å². The van der Waals surface area contributed by atoms with Gasteiger partial charge in [-0.3, -0.25) is 33.7 Å². The van der Waals surface area contributed by atoms with Gasteiger partial charge < -0.3 is 31.7 Å². The van der Waals surface area contributed by atoms with Gasteiger partial charge in [-0.15, -0.1) is 0 Å². The number of nitrogens with zero attached hydrogens (tertiary/aromatic N) is 2. The molecule has 0 saturated carbocycles. The number of nitrogens with one attached hydrogen (secondary N) is 2. The van der Waals surface area contributed by atoms with E-state index in [4.69, 9.17) is 14.3 Å². The van der Waals surface area contributed by atoms with Crippen LogP contribution in [-0.4, -0.2) is 83.8 Å². The van der Waals surface area contributed by atoms with E-state index in [1.807, 2.05) is 34.6 Å². The molecule has 3 atom stereocenters. The van der Waals surface area contributed by atoms with Crippen LogP contribution in [0.2, 0.25) is 0 Å². The van der Waals surface area contributed by atoms with Gasteiger partial charge in [0.25, 0.3) is 0 Å². The van der Waals surface area contributed by atoms with E-state index in [-0.39, 0.29) is 74.1 Å². The number of nitrogens with two attached hydrogens (primary N) is 2. The Balaban J connectivity index is -0.000000257. The molecular weight excluding hydrogens is 761 g/mol. The topological polar surface area (TPSA) is 211 Å². The molecule has 3 unspecified atom stereocenters. The lowest BCUT2D eigenvalue weighted by molar-refractivity contribution is -0.138. The van der Waals surface area contributed by atoms with Gasteiger partial charge in [0.15, 0.2) is 0 Å². The third-order valence-electron chi connectivity index (χ3n) is 8.41. The highest BCUT2D eigenvalue weighted by molar-refractivity contribution is 7.81. The summed E-state index contributed by atoms with van der Waals surface area (Å²) in [7, 11) is 1.73. The van der Waals surface area contributed by atoms with Crippen LogP contribution in [0.1, 0.15) is 153 Å². The average Bonchev–Trinajstić information content (AvgIpc) is 3.45. The SMILES string of the molecule is CC.CC(C)C(CC(=O)Nc1ccc(COC(=O)N(C)C(C)C(C)C)cc1)NC=O.CCCC.CCCC.CCCCCCN1C(=O)CC(S)C1=O.NC=O.NC=O. The third kappa shape index (κ3) is 35.1. The number of hydrogen-bond donors (Lipinski definition) is 5. The number of anilines is 1. The van der Waals surface area contributed by atoms with Crippen molar-refractivity contribution < 1.29 is 38.3 Å². The number of primary amides is 2. The Morgan fingerprint density at radius 1 is 0.845 bits per heavy atom. The summed E-state index contributed by atoms with van der Waals surface area (Å²) >= 11 is 4.06. The summed E-state index contributed by atoms with van der Waals surface area (Å²) in [5.74, 6) is 0.153. The number of carbonyl (C=O) groups is 7. The summed E-state index contributed by atoms with van der Waals surface area (Å²) in [5.41, 5.74) is 9.82. The highest BCUT2D eigenvalue weighted by Gasteiger charge is 2.35. The predicted octanol–water partition coefficient (Wildman–Crippen LogP) is 7.86. The lowest BCUT2D eigenvalue weighted by atomic mass is 10.0. The Morgan fingerprint density at radius 2 is 1.33 bits per heavy atom. The minimum atomic E-state index is -0.395. The van der Waals surface area contributed by atoms with E-state index in [0.29, 0.717) is 24.6 Å². The fourth-order valence-corrected chi connectivity index (χ4v) is 4.42. The summed E-state index contributed by atoms with van der Waals surface area (Å²) in [6.45, 7) is 25.6. The molecule has 58 heavy (non-hydrogen) atoms. The maximum Gasteiger partial charge on any atom is 0.410 e. The van der Waals surface area contributed by atoms with E-state index < -0.39 is 5.25 Å². The number of likely N-dealkylation sites (tertiary alicyclic amines) is 1. The van der Waals surface area contributed by atoms with E-state index in [0.717, 1.165) is 24.8 Å². The van der Waals surface area contributed by atoms with Crippen LogP contribution in [0, 0.1) is 11.8 Å². The highest BCUT2D eigenvalue weighted by atomic mass is 32.1. The highest BCUT2D eigenvalue weighted by Crippen LogP contribution is 2.19. The van der Waals surface area contributed by atoms with E-state index in [1.165, 1.54) is 37.0 Å². The smallest absolute Gasteiger partial charge is 0.410 e. The zero-order valence-electron chi connectivity index (χ0n) is 38.2. The van der Waals surface area contributed by atoms with Gasteiger partial charge in [0.2, 0.25) is 37.0 Å². The normalized spacial score (nSPS) is 13.2. The molecule has 0 aromatic heterocycles. The average molecular weight is 843 g/mol. The molecule has 15 heteroatoms. The van der Waals surface area contributed by atoms with Crippen LogP contribution in [-0.2, 0) is 40.1 Å². The minimum absolute atomic E-state index is 0.0634. The Kier molecular flexibility index (Phi) is 47.8. The molecule has 6 N–H and O–H groups in total. The second kappa shape index (κ2) is 44.0. The molecule has 7 amide bonds. The predicted molar refractivity (Wildman–Crippen MR) is 241 cm³/mol. The van der Waals surface area contributed by atoms with Crippen LogP contribution in [0.3, 0.4) is 0 Å². The molecule has 1 aliphatic heterocycles. The number of hydrogen-bond acceptors (Lipinski definition) is 9. The van der Waals surface area contributed by atoms with Crippen LogP contribution in [0.5, 0.6) is 0 Å². The summed E-state index contributed by atoms with van der Waals surface area (Å²) in [4.78, 5) is 77.7. The van der Waals surface area contributed by atoms with Crippen molar-refractivity contribution in [3.63, 3.8) is 0 Å². The summed E-state index contributed by atoms with van der Waals surface area (Å²) in [5, 5.41) is 5.08. The quantitative estimate of drug-likeness (QED) is 0.0450. The number of benzene rings is 1. The summed E-state index contributed by atoms with van der Waals surface area (Å²) in [6.07, 6.45) is 10.9. The van der Waals surface area contributed by atoms with E-state index >= 15 is 0 Å². The molecule has 338 valence electrons. The number of rotatable bonds is 17.